The van der Waals surface area contributed by atoms with Crippen molar-refractivity contribution in [1.29, 1.82) is 0 Å². The van der Waals surface area contributed by atoms with Gasteiger partial charge in [0.05, 0.1) is 17.4 Å². The fourth-order valence-electron chi connectivity index (χ4n) is 3.89. The highest BCUT2D eigenvalue weighted by molar-refractivity contribution is 6.04. The molecule has 2 aromatic heterocycles. The molecule has 0 radical (unpaired) electrons. The number of halogens is 1. The molecular weight excluding hydrogens is 357 g/mol. The molecule has 7 heteroatoms. The zero-order valence-electron chi connectivity index (χ0n) is 15.0. The number of nitrogens with zero attached hydrogens (tertiary/aromatic N) is 4. The molecule has 28 heavy (non-hydrogen) atoms. The van der Waals surface area contributed by atoms with Gasteiger partial charge in [-0.25, -0.2) is 19.2 Å². The highest BCUT2D eigenvalue weighted by Gasteiger charge is 2.40. The lowest BCUT2D eigenvalue weighted by Gasteiger charge is -2.35. The first-order valence-electron chi connectivity index (χ1n) is 9.22. The van der Waals surface area contributed by atoms with Crippen molar-refractivity contribution in [3.05, 3.63) is 66.6 Å². The van der Waals surface area contributed by atoms with E-state index in [2.05, 4.69) is 15.2 Å². The summed E-state index contributed by atoms with van der Waals surface area (Å²) in [5.41, 5.74) is 2.24. The van der Waals surface area contributed by atoms with E-state index < -0.39 is 0 Å². The third-order valence-corrected chi connectivity index (χ3v) is 5.19. The third kappa shape index (κ3) is 2.85. The lowest BCUT2D eigenvalue weighted by atomic mass is 10.1. The largest absolute Gasteiger partial charge is 0.366 e. The zero-order valence-corrected chi connectivity index (χ0v) is 15.0. The summed E-state index contributed by atoms with van der Waals surface area (Å²) in [6.07, 6.45) is 2.51. The molecule has 2 aliphatic rings. The second-order valence-corrected chi connectivity index (χ2v) is 6.95. The predicted octanol–water partition coefficient (Wildman–Crippen LogP) is 3.91. The van der Waals surface area contributed by atoms with Crippen LogP contribution in [-0.2, 0) is 0 Å². The number of fused-ring (bicyclic) bond motifs is 4. The van der Waals surface area contributed by atoms with Crippen molar-refractivity contribution in [2.24, 2.45) is 0 Å². The Kier molecular flexibility index (Phi) is 3.93. The Labute approximate surface area is 161 Å². The van der Waals surface area contributed by atoms with Crippen LogP contribution in [-0.4, -0.2) is 35.1 Å². The van der Waals surface area contributed by atoms with E-state index in [0.29, 0.717) is 22.9 Å². The van der Waals surface area contributed by atoms with Crippen molar-refractivity contribution in [3.8, 4) is 11.3 Å². The highest BCUT2D eigenvalue weighted by atomic mass is 19.1. The molecule has 0 spiro atoms. The van der Waals surface area contributed by atoms with E-state index >= 15 is 0 Å². The Balaban J connectivity index is 1.54. The fraction of sp³-hybridized carbons (Fsp3) is 0.190. The van der Waals surface area contributed by atoms with Gasteiger partial charge in [-0.2, -0.15) is 0 Å². The molecule has 0 aliphatic carbocycles. The minimum atomic E-state index is -0.314. The first-order chi connectivity index (χ1) is 13.7. The van der Waals surface area contributed by atoms with Crippen LogP contribution in [0.2, 0.25) is 0 Å². The van der Waals surface area contributed by atoms with E-state index in [4.69, 9.17) is 4.98 Å². The summed E-state index contributed by atoms with van der Waals surface area (Å²) in [6, 6.07) is 15.3. The second-order valence-electron chi connectivity index (χ2n) is 6.95. The number of carbonyl (C=O) groups is 1. The van der Waals surface area contributed by atoms with Crippen LogP contribution >= 0.6 is 0 Å². The number of nitrogens with one attached hydrogen (secondary N) is 1. The molecule has 1 aromatic carbocycles. The molecule has 140 valence electrons. The molecule has 3 aromatic rings. The van der Waals surface area contributed by atoms with E-state index in [0.717, 1.165) is 25.2 Å². The zero-order chi connectivity index (χ0) is 19.1. The van der Waals surface area contributed by atoms with Crippen molar-refractivity contribution >= 4 is 23.4 Å². The fourth-order valence-corrected chi connectivity index (χ4v) is 3.89. The number of rotatable bonds is 2. The van der Waals surface area contributed by atoms with Gasteiger partial charge in [0, 0.05) is 24.8 Å². The molecule has 4 heterocycles. The number of benzene rings is 1. The minimum absolute atomic E-state index is 0.0477. The van der Waals surface area contributed by atoms with Crippen LogP contribution in [0.3, 0.4) is 0 Å². The number of amides is 2. The van der Waals surface area contributed by atoms with Crippen LogP contribution in [0.25, 0.3) is 11.3 Å². The van der Waals surface area contributed by atoms with Crippen LogP contribution in [0, 0.1) is 5.82 Å². The number of pyridine rings is 2. The van der Waals surface area contributed by atoms with Crippen molar-refractivity contribution in [1.82, 2.24) is 9.97 Å². The molecule has 2 aliphatic heterocycles. The van der Waals surface area contributed by atoms with E-state index in [-0.39, 0.29) is 17.9 Å². The Bertz CT molecular complexity index is 1040. The van der Waals surface area contributed by atoms with E-state index in [1.165, 1.54) is 12.1 Å². The quantitative estimate of drug-likeness (QED) is 0.738. The number of hydrogen-bond acceptors (Lipinski definition) is 4. The molecule has 0 unspecified atom stereocenters. The van der Waals surface area contributed by atoms with Crippen LogP contribution in [0.15, 0.2) is 60.8 Å². The van der Waals surface area contributed by atoms with Gasteiger partial charge in [0.25, 0.3) is 0 Å². The minimum Gasteiger partial charge on any atom is -0.366 e. The number of urea groups is 1. The third-order valence-electron chi connectivity index (χ3n) is 5.19. The maximum absolute atomic E-state index is 13.7. The smallest absolute Gasteiger partial charge is 0.329 e. The first-order valence-corrected chi connectivity index (χ1v) is 9.22. The van der Waals surface area contributed by atoms with Crippen molar-refractivity contribution in [3.63, 3.8) is 0 Å². The van der Waals surface area contributed by atoms with Crippen molar-refractivity contribution < 1.29 is 9.18 Å². The average molecular weight is 375 g/mol. The SMILES string of the molecule is O=C(Nc1ccccn1)N1c2nc(-c3cccc(F)c3)ccc2N2CC[C@H]1C2. The molecule has 1 N–H and O–H groups in total. The van der Waals surface area contributed by atoms with Gasteiger partial charge in [0.1, 0.15) is 11.6 Å². The molecule has 5 rings (SSSR count). The van der Waals surface area contributed by atoms with E-state index in [1.54, 1.807) is 29.3 Å². The second kappa shape index (κ2) is 6.60. The lowest BCUT2D eigenvalue weighted by molar-refractivity contribution is 0.254. The van der Waals surface area contributed by atoms with Crippen LogP contribution < -0.4 is 15.1 Å². The van der Waals surface area contributed by atoms with Gasteiger partial charge in [0.2, 0.25) is 0 Å². The standard InChI is InChI=1S/C21H18FN5O/c22-15-5-3-4-14(12-15)17-7-8-18-20(24-17)27(16-9-11-26(18)13-16)21(28)25-19-6-1-2-10-23-19/h1-8,10,12,16H,9,11,13H2,(H,23,25,28)/t16-/m0/s1. The molecule has 6 nitrogen and oxygen atoms in total. The van der Waals surface area contributed by atoms with Gasteiger partial charge >= 0.3 is 6.03 Å². The molecule has 2 bridgehead atoms. The molecule has 1 saturated heterocycles. The maximum atomic E-state index is 13.7. The van der Waals surface area contributed by atoms with Gasteiger partial charge in [-0.1, -0.05) is 18.2 Å². The summed E-state index contributed by atoms with van der Waals surface area (Å²) >= 11 is 0. The van der Waals surface area contributed by atoms with Crippen molar-refractivity contribution in [2.75, 3.05) is 28.2 Å². The summed E-state index contributed by atoms with van der Waals surface area (Å²) in [5.74, 6) is 0.783. The van der Waals surface area contributed by atoms with Gasteiger partial charge < -0.3 is 4.90 Å². The molecular formula is C21H18FN5O. The predicted molar refractivity (Wildman–Crippen MR) is 106 cm³/mol. The van der Waals surface area contributed by atoms with E-state index in [9.17, 15) is 9.18 Å². The Morgan fingerprint density at radius 2 is 2.07 bits per heavy atom. The van der Waals surface area contributed by atoms with Gasteiger partial charge in [0.15, 0.2) is 5.82 Å². The summed E-state index contributed by atoms with van der Waals surface area (Å²) in [4.78, 5) is 26.0. The summed E-state index contributed by atoms with van der Waals surface area (Å²) in [7, 11) is 0. The van der Waals surface area contributed by atoms with E-state index in [1.807, 2.05) is 24.3 Å². The number of anilines is 3. The average Bonchev–Trinajstić information content (AvgIpc) is 3.13. The lowest BCUT2D eigenvalue weighted by Crippen LogP contribution is -2.48. The number of carbonyl (C=O) groups excluding carboxylic acids is 1. The highest BCUT2D eigenvalue weighted by Crippen LogP contribution is 2.40. The van der Waals surface area contributed by atoms with Gasteiger partial charge in [-0.05, 0) is 42.8 Å². The monoisotopic (exact) mass is 375 g/mol. The number of aromatic nitrogens is 2. The van der Waals surface area contributed by atoms with Crippen LogP contribution in [0.5, 0.6) is 0 Å². The van der Waals surface area contributed by atoms with Gasteiger partial charge in [-0.3, -0.25) is 10.2 Å². The normalized spacial score (nSPS) is 17.4. The van der Waals surface area contributed by atoms with Gasteiger partial charge in [-0.15, -0.1) is 0 Å². The first kappa shape index (κ1) is 16.7. The Hall–Kier alpha value is -3.48. The molecule has 0 saturated carbocycles. The summed E-state index contributed by atoms with van der Waals surface area (Å²) < 4.78 is 13.7. The summed E-state index contributed by atoms with van der Waals surface area (Å²) in [6.45, 7) is 1.66. The Morgan fingerprint density at radius 1 is 1.14 bits per heavy atom. The van der Waals surface area contributed by atoms with Crippen LogP contribution in [0.1, 0.15) is 6.42 Å². The van der Waals surface area contributed by atoms with Crippen LogP contribution in [0.4, 0.5) is 26.5 Å². The topological polar surface area (TPSA) is 61.4 Å². The molecule has 1 fully saturated rings. The molecule has 1 atom stereocenters. The summed E-state index contributed by atoms with van der Waals surface area (Å²) in [5, 5.41) is 2.86. The maximum Gasteiger partial charge on any atom is 0.329 e. The van der Waals surface area contributed by atoms with Crippen molar-refractivity contribution in [2.45, 2.75) is 12.5 Å². The Morgan fingerprint density at radius 3 is 2.89 bits per heavy atom. The number of hydrogen-bond donors (Lipinski definition) is 1. The molecule has 2 amide bonds.